The number of nitrogens with one attached hydrogen (secondary N) is 1. The van der Waals surface area contributed by atoms with Crippen LogP contribution in [0.5, 0.6) is 0 Å². The lowest BCUT2D eigenvalue weighted by molar-refractivity contribution is 0.492. The first-order valence-electron chi connectivity index (χ1n) is 5.53. The van der Waals surface area contributed by atoms with Crippen LogP contribution in [0.25, 0.3) is 0 Å². The molecule has 2 unspecified atom stereocenters. The fourth-order valence-corrected chi connectivity index (χ4v) is 2.50. The lowest BCUT2D eigenvalue weighted by Crippen LogP contribution is -2.30. The van der Waals surface area contributed by atoms with Gasteiger partial charge in [0.1, 0.15) is 0 Å². The van der Waals surface area contributed by atoms with Gasteiger partial charge in [0.15, 0.2) is 0 Å². The van der Waals surface area contributed by atoms with Gasteiger partial charge in [-0.2, -0.15) is 5.10 Å². The van der Waals surface area contributed by atoms with Crippen molar-refractivity contribution < 1.29 is 0 Å². The normalized spacial score (nSPS) is 27.0. The Morgan fingerprint density at radius 2 is 2.43 bits per heavy atom. The third kappa shape index (κ3) is 1.82. The molecule has 0 aromatic carbocycles. The number of aryl methyl sites for hydroxylation is 1. The van der Waals surface area contributed by atoms with Gasteiger partial charge in [-0.05, 0) is 24.9 Å². The molecule has 1 N–H and O–H groups in total. The van der Waals surface area contributed by atoms with Crippen LogP contribution in [0, 0.1) is 0 Å². The van der Waals surface area contributed by atoms with Gasteiger partial charge in [0.2, 0.25) is 0 Å². The summed E-state index contributed by atoms with van der Waals surface area (Å²) < 4.78 is 1.90. The van der Waals surface area contributed by atoms with E-state index in [0.717, 1.165) is 6.54 Å². The maximum atomic E-state index is 4.24. The average Bonchev–Trinajstić information content (AvgIpc) is 2.74. The topological polar surface area (TPSA) is 29.9 Å². The Balaban J connectivity index is 2.09. The first-order chi connectivity index (χ1) is 6.81. The van der Waals surface area contributed by atoms with Crippen LogP contribution < -0.4 is 5.32 Å². The number of aromatic nitrogens is 2. The molecule has 1 aliphatic rings. The standard InChI is InChI=1S/C11H19N3/c1-3-12-11-6-4-5-10(11)9-7-13-14(2)8-9/h7-8,10-12H,3-6H2,1-2H3. The molecule has 1 fully saturated rings. The summed E-state index contributed by atoms with van der Waals surface area (Å²) in [6.07, 6.45) is 8.13. The third-order valence-electron chi connectivity index (χ3n) is 3.14. The number of hydrogen-bond donors (Lipinski definition) is 1. The Labute approximate surface area is 85.5 Å². The molecule has 78 valence electrons. The van der Waals surface area contributed by atoms with Crippen LogP contribution in [-0.2, 0) is 7.05 Å². The first-order valence-corrected chi connectivity index (χ1v) is 5.53. The summed E-state index contributed by atoms with van der Waals surface area (Å²) in [6, 6.07) is 0.671. The van der Waals surface area contributed by atoms with E-state index in [1.807, 2.05) is 17.9 Å². The predicted molar refractivity (Wildman–Crippen MR) is 57.3 cm³/mol. The van der Waals surface area contributed by atoms with Crippen molar-refractivity contribution in [2.24, 2.45) is 7.05 Å². The van der Waals surface area contributed by atoms with Gasteiger partial charge in [-0.1, -0.05) is 13.3 Å². The molecule has 2 atom stereocenters. The van der Waals surface area contributed by atoms with Crippen LogP contribution in [0.4, 0.5) is 0 Å². The van der Waals surface area contributed by atoms with Crippen LogP contribution >= 0.6 is 0 Å². The van der Waals surface area contributed by atoms with E-state index >= 15 is 0 Å². The molecule has 3 heteroatoms. The van der Waals surface area contributed by atoms with E-state index in [4.69, 9.17) is 0 Å². The second-order valence-electron chi connectivity index (χ2n) is 4.15. The summed E-state index contributed by atoms with van der Waals surface area (Å²) in [6.45, 7) is 3.25. The summed E-state index contributed by atoms with van der Waals surface area (Å²) in [7, 11) is 1.99. The third-order valence-corrected chi connectivity index (χ3v) is 3.14. The van der Waals surface area contributed by atoms with E-state index in [9.17, 15) is 0 Å². The zero-order valence-corrected chi connectivity index (χ0v) is 9.03. The smallest absolute Gasteiger partial charge is 0.0525 e. The summed E-state index contributed by atoms with van der Waals surface area (Å²) in [4.78, 5) is 0. The SMILES string of the molecule is CCNC1CCCC1c1cnn(C)c1. The van der Waals surface area contributed by atoms with E-state index in [1.54, 1.807) is 0 Å². The van der Waals surface area contributed by atoms with Crippen molar-refractivity contribution >= 4 is 0 Å². The number of likely N-dealkylation sites (N-methyl/N-ethyl adjacent to an activating group) is 1. The van der Waals surface area contributed by atoms with Crippen LogP contribution in [0.1, 0.15) is 37.7 Å². The minimum absolute atomic E-state index is 0.671. The summed E-state index contributed by atoms with van der Waals surface area (Å²) in [5.41, 5.74) is 1.40. The lowest BCUT2D eigenvalue weighted by Gasteiger charge is -2.18. The Morgan fingerprint density at radius 1 is 1.57 bits per heavy atom. The van der Waals surface area contributed by atoms with Crippen molar-refractivity contribution in [3.05, 3.63) is 18.0 Å². The Bertz CT molecular complexity index is 292. The number of hydrogen-bond acceptors (Lipinski definition) is 2. The Morgan fingerprint density at radius 3 is 3.07 bits per heavy atom. The molecular formula is C11H19N3. The molecule has 0 aliphatic heterocycles. The van der Waals surface area contributed by atoms with Gasteiger partial charge in [0, 0.05) is 25.2 Å². The molecule has 1 aromatic heterocycles. The van der Waals surface area contributed by atoms with E-state index in [-0.39, 0.29) is 0 Å². The van der Waals surface area contributed by atoms with E-state index < -0.39 is 0 Å². The van der Waals surface area contributed by atoms with Crippen LogP contribution in [-0.4, -0.2) is 22.4 Å². The Kier molecular flexibility index (Phi) is 2.87. The molecule has 1 aliphatic carbocycles. The minimum atomic E-state index is 0.671. The number of rotatable bonds is 3. The monoisotopic (exact) mass is 193 g/mol. The maximum absolute atomic E-state index is 4.24. The molecule has 0 bridgehead atoms. The van der Waals surface area contributed by atoms with Gasteiger partial charge in [-0.3, -0.25) is 4.68 Å². The fraction of sp³-hybridized carbons (Fsp3) is 0.727. The molecule has 1 heterocycles. The van der Waals surface area contributed by atoms with Gasteiger partial charge < -0.3 is 5.32 Å². The van der Waals surface area contributed by atoms with Gasteiger partial charge in [-0.15, -0.1) is 0 Å². The van der Waals surface area contributed by atoms with Crippen molar-refractivity contribution in [2.45, 2.75) is 38.1 Å². The average molecular weight is 193 g/mol. The highest BCUT2D eigenvalue weighted by molar-refractivity contribution is 5.16. The largest absolute Gasteiger partial charge is 0.314 e. The zero-order chi connectivity index (χ0) is 9.97. The first kappa shape index (κ1) is 9.71. The Hall–Kier alpha value is -0.830. The van der Waals surface area contributed by atoms with Crippen molar-refractivity contribution in [2.75, 3.05) is 6.54 Å². The highest BCUT2D eigenvalue weighted by atomic mass is 15.2. The molecular weight excluding hydrogens is 174 g/mol. The van der Waals surface area contributed by atoms with E-state index in [0.29, 0.717) is 12.0 Å². The summed E-state index contributed by atoms with van der Waals surface area (Å²) >= 11 is 0. The summed E-state index contributed by atoms with van der Waals surface area (Å²) in [5.74, 6) is 0.684. The fourth-order valence-electron chi connectivity index (χ4n) is 2.50. The maximum Gasteiger partial charge on any atom is 0.0525 e. The van der Waals surface area contributed by atoms with Crippen LogP contribution in [0.15, 0.2) is 12.4 Å². The van der Waals surface area contributed by atoms with Crippen molar-refractivity contribution in [3.63, 3.8) is 0 Å². The van der Waals surface area contributed by atoms with E-state index in [1.165, 1.54) is 24.8 Å². The molecule has 14 heavy (non-hydrogen) atoms. The highest BCUT2D eigenvalue weighted by Gasteiger charge is 2.28. The molecule has 0 amide bonds. The molecule has 0 radical (unpaired) electrons. The number of nitrogens with zero attached hydrogens (tertiary/aromatic N) is 2. The van der Waals surface area contributed by atoms with Crippen LogP contribution in [0.3, 0.4) is 0 Å². The van der Waals surface area contributed by atoms with Gasteiger partial charge in [0.25, 0.3) is 0 Å². The van der Waals surface area contributed by atoms with Crippen LogP contribution in [0.2, 0.25) is 0 Å². The van der Waals surface area contributed by atoms with Crippen molar-refractivity contribution in [3.8, 4) is 0 Å². The van der Waals surface area contributed by atoms with Crippen molar-refractivity contribution in [1.29, 1.82) is 0 Å². The molecule has 2 rings (SSSR count). The predicted octanol–water partition coefficient (Wildman–Crippen LogP) is 1.67. The molecule has 0 spiro atoms. The highest BCUT2D eigenvalue weighted by Crippen LogP contribution is 2.34. The minimum Gasteiger partial charge on any atom is -0.314 e. The van der Waals surface area contributed by atoms with Gasteiger partial charge in [0.05, 0.1) is 6.20 Å². The lowest BCUT2D eigenvalue weighted by atomic mass is 9.97. The van der Waals surface area contributed by atoms with Crippen molar-refractivity contribution in [1.82, 2.24) is 15.1 Å². The molecule has 3 nitrogen and oxygen atoms in total. The second-order valence-corrected chi connectivity index (χ2v) is 4.15. The second kappa shape index (κ2) is 4.13. The molecule has 0 saturated heterocycles. The molecule has 1 aromatic rings. The van der Waals surface area contributed by atoms with E-state index in [2.05, 4.69) is 23.5 Å². The molecule has 1 saturated carbocycles. The van der Waals surface area contributed by atoms with Gasteiger partial charge in [-0.25, -0.2) is 0 Å². The zero-order valence-electron chi connectivity index (χ0n) is 9.03. The summed E-state index contributed by atoms with van der Waals surface area (Å²) in [5, 5.41) is 7.81. The quantitative estimate of drug-likeness (QED) is 0.791. The van der Waals surface area contributed by atoms with Gasteiger partial charge >= 0.3 is 0 Å².